The highest BCUT2D eigenvalue weighted by molar-refractivity contribution is 6.30. The number of pyridine rings is 1. The number of unbranched alkanes of at least 4 members (excludes halogenated alkanes) is 1. The van der Waals surface area contributed by atoms with Crippen molar-refractivity contribution < 1.29 is 19.4 Å². The molecule has 7 nitrogen and oxygen atoms in total. The quantitative estimate of drug-likeness (QED) is 0.242. The van der Waals surface area contributed by atoms with Crippen molar-refractivity contribution in [2.45, 2.75) is 25.7 Å². The van der Waals surface area contributed by atoms with E-state index < -0.39 is 5.97 Å². The van der Waals surface area contributed by atoms with E-state index in [-0.39, 0.29) is 12.3 Å². The molecule has 206 valence electrons. The summed E-state index contributed by atoms with van der Waals surface area (Å²) in [6, 6.07) is 23.3. The monoisotopic (exact) mass is 557 g/mol. The lowest BCUT2D eigenvalue weighted by Crippen LogP contribution is -2.48. The average Bonchev–Trinajstić information content (AvgIpc) is 2.99. The van der Waals surface area contributed by atoms with Gasteiger partial charge in [-0.25, -0.2) is 4.98 Å². The molecule has 1 saturated heterocycles. The minimum absolute atomic E-state index is 0.0149. The number of nitrogens with zero attached hydrogens (tertiary/aromatic N) is 3. The Hall–Kier alpha value is -4.10. The van der Waals surface area contributed by atoms with Crippen molar-refractivity contribution in [1.82, 2.24) is 9.88 Å². The summed E-state index contributed by atoms with van der Waals surface area (Å²) in [6.45, 7) is 2.81. The second-order valence-electron chi connectivity index (χ2n) is 9.99. The van der Waals surface area contributed by atoms with Crippen LogP contribution in [0.15, 0.2) is 72.8 Å². The first-order valence-corrected chi connectivity index (χ1v) is 13.9. The molecule has 1 fully saturated rings. The van der Waals surface area contributed by atoms with Crippen LogP contribution in [0.1, 0.15) is 35.2 Å². The topological polar surface area (TPSA) is 83.0 Å². The number of methoxy groups -OCH3 is 1. The number of hydrogen-bond donors (Lipinski definition) is 1. The summed E-state index contributed by atoms with van der Waals surface area (Å²) in [5.74, 6) is 0.0516. The van der Waals surface area contributed by atoms with Crippen molar-refractivity contribution in [3.63, 3.8) is 0 Å². The zero-order valence-corrected chi connectivity index (χ0v) is 23.2. The molecular weight excluding hydrogens is 526 g/mol. The SMILES string of the molecule is COc1ccc(N2CCN(C(=O)c3ccc4nc(-c5ccc(Cl)cc5)c(CCCCC(=O)O)cc4c3)CC2)cc1. The molecule has 40 heavy (non-hydrogen) atoms. The zero-order chi connectivity index (χ0) is 28.1. The number of carboxylic acid groups (broad SMARTS) is 1. The maximum absolute atomic E-state index is 13.5. The molecule has 0 aliphatic carbocycles. The number of fused-ring (bicyclic) bond motifs is 1. The number of carboxylic acids is 1. The van der Waals surface area contributed by atoms with Gasteiger partial charge < -0.3 is 19.6 Å². The number of carbonyl (C=O) groups is 2. The fourth-order valence-electron chi connectivity index (χ4n) is 5.14. The second kappa shape index (κ2) is 12.4. The molecule has 1 aromatic heterocycles. The van der Waals surface area contributed by atoms with E-state index in [1.54, 1.807) is 7.11 Å². The van der Waals surface area contributed by atoms with Crippen molar-refractivity contribution in [2.24, 2.45) is 0 Å². The van der Waals surface area contributed by atoms with Crippen LogP contribution >= 0.6 is 11.6 Å². The minimum Gasteiger partial charge on any atom is -0.497 e. The third-order valence-electron chi connectivity index (χ3n) is 7.35. The van der Waals surface area contributed by atoms with Crippen LogP contribution in [-0.4, -0.2) is 60.2 Å². The van der Waals surface area contributed by atoms with E-state index in [1.165, 1.54) is 0 Å². The number of aliphatic carboxylic acids is 1. The maximum Gasteiger partial charge on any atom is 0.303 e. The van der Waals surface area contributed by atoms with Crippen LogP contribution < -0.4 is 9.64 Å². The van der Waals surface area contributed by atoms with E-state index in [9.17, 15) is 9.59 Å². The number of carbonyl (C=O) groups excluding carboxylic acids is 1. The Bertz CT molecular complexity index is 1500. The molecule has 1 aliphatic rings. The molecule has 2 heterocycles. The predicted octanol–water partition coefficient (Wildman–Crippen LogP) is 6.32. The normalized spacial score (nSPS) is 13.4. The van der Waals surface area contributed by atoms with Crippen LogP contribution in [0, 0.1) is 0 Å². The Labute approximate surface area is 239 Å². The first-order valence-electron chi connectivity index (χ1n) is 13.5. The highest BCUT2D eigenvalue weighted by Crippen LogP contribution is 2.29. The van der Waals surface area contributed by atoms with Gasteiger partial charge in [0.1, 0.15) is 5.75 Å². The predicted molar refractivity (Wildman–Crippen MR) is 158 cm³/mol. The van der Waals surface area contributed by atoms with Gasteiger partial charge in [0.15, 0.2) is 0 Å². The number of benzene rings is 3. The summed E-state index contributed by atoms with van der Waals surface area (Å²) >= 11 is 6.11. The largest absolute Gasteiger partial charge is 0.497 e. The Kier molecular flexibility index (Phi) is 8.51. The summed E-state index contributed by atoms with van der Waals surface area (Å²) < 4.78 is 5.26. The molecular formula is C32H32ClN3O4. The molecule has 4 aromatic rings. The third kappa shape index (κ3) is 6.37. The van der Waals surface area contributed by atoms with Crippen LogP contribution in [0.3, 0.4) is 0 Å². The second-order valence-corrected chi connectivity index (χ2v) is 10.4. The van der Waals surface area contributed by atoms with Gasteiger partial charge >= 0.3 is 5.97 Å². The van der Waals surface area contributed by atoms with Gasteiger partial charge in [0.2, 0.25) is 0 Å². The minimum atomic E-state index is -0.789. The van der Waals surface area contributed by atoms with Gasteiger partial charge in [0.05, 0.1) is 18.3 Å². The number of aryl methyl sites for hydroxylation is 1. The third-order valence-corrected chi connectivity index (χ3v) is 7.60. The van der Waals surface area contributed by atoms with Gasteiger partial charge in [-0.05, 0) is 85.5 Å². The van der Waals surface area contributed by atoms with E-state index in [4.69, 9.17) is 26.4 Å². The lowest BCUT2D eigenvalue weighted by Gasteiger charge is -2.36. The van der Waals surface area contributed by atoms with Crippen LogP contribution in [-0.2, 0) is 11.2 Å². The van der Waals surface area contributed by atoms with Gasteiger partial charge in [0.25, 0.3) is 5.91 Å². The average molecular weight is 558 g/mol. The van der Waals surface area contributed by atoms with Crippen LogP contribution in [0.25, 0.3) is 22.2 Å². The van der Waals surface area contributed by atoms with Gasteiger partial charge in [-0.3, -0.25) is 9.59 Å². The molecule has 0 spiro atoms. The van der Waals surface area contributed by atoms with Gasteiger partial charge in [-0.1, -0.05) is 23.7 Å². The van der Waals surface area contributed by atoms with Crippen molar-refractivity contribution in [3.05, 3.63) is 88.9 Å². The number of aromatic nitrogens is 1. The molecule has 0 saturated carbocycles. The van der Waals surface area contributed by atoms with E-state index >= 15 is 0 Å². The van der Waals surface area contributed by atoms with Crippen molar-refractivity contribution in [3.8, 4) is 17.0 Å². The Morgan fingerprint density at radius 2 is 1.65 bits per heavy atom. The Balaban J connectivity index is 1.34. The lowest BCUT2D eigenvalue weighted by molar-refractivity contribution is -0.137. The molecule has 0 unspecified atom stereocenters. The van der Waals surface area contributed by atoms with Crippen molar-refractivity contribution in [1.29, 1.82) is 0 Å². The molecule has 0 bridgehead atoms. The van der Waals surface area contributed by atoms with E-state index in [2.05, 4.69) is 11.0 Å². The summed E-state index contributed by atoms with van der Waals surface area (Å²) in [7, 11) is 1.66. The molecule has 0 radical (unpaired) electrons. The van der Waals surface area contributed by atoms with E-state index in [0.29, 0.717) is 36.5 Å². The summed E-state index contributed by atoms with van der Waals surface area (Å²) in [5.41, 5.74) is 5.40. The highest BCUT2D eigenvalue weighted by atomic mass is 35.5. The first kappa shape index (κ1) is 27.5. The number of ether oxygens (including phenoxy) is 1. The summed E-state index contributed by atoms with van der Waals surface area (Å²) in [5, 5.41) is 10.6. The standard InChI is InChI=1S/C32H32ClN3O4/c1-40-28-13-11-27(12-14-28)35-16-18-36(19-17-35)32(39)24-8-15-29-25(21-24)20-23(4-2-3-5-30(37)38)31(34-29)22-6-9-26(33)10-7-22/h6-15,20-21H,2-5,16-19H2,1H3,(H,37,38). The van der Waals surface area contributed by atoms with Gasteiger partial charge in [-0.2, -0.15) is 0 Å². The number of halogens is 1. The van der Waals surface area contributed by atoms with Crippen LogP contribution in [0.4, 0.5) is 5.69 Å². The smallest absolute Gasteiger partial charge is 0.303 e. The first-order chi connectivity index (χ1) is 19.4. The lowest BCUT2D eigenvalue weighted by atomic mass is 9.98. The molecule has 1 N–H and O–H groups in total. The molecule has 0 atom stereocenters. The molecule has 3 aromatic carbocycles. The fraction of sp³-hybridized carbons (Fsp3) is 0.281. The van der Waals surface area contributed by atoms with Crippen LogP contribution in [0.2, 0.25) is 5.02 Å². The zero-order valence-electron chi connectivity index (χ0n) is 22.5. The number of amides is 1. The number of rotatable bonds is 9. The van der Waals surface area contributed by atoms with Crippen molar-refractivity contribution in [2.75, 3.05) is 38.2 Å². The molecule has 1 aliphatic heterocycles. The molecule has 8 heteroatoms. The number of anilines is 1. The van der Waals surface area contributed by atoms with E-state index in [1.807, 2.05) is 71.6 Å². The van der Waals surface area contributed by atoms with Crippen molar-refractivity contribution >= 4 is 40.1 Å². The maximum atomic E-state index is 13.5. The van der Waals surface area contributed by atoms with E-state index in [0.717, 1.165) is 58.7 Å². The highest BCUT2D eigenvalue weighted by Gasteiger charge is 2.23. The van der Waals surface area contributed by atoms with Gasteiger partial charge in [0, 0.05) is 59.8 Å². The summed E-state index contributed by atoms with van der Waals surface area (Å²) in [4.78, 5) is 33.6. The number of piperazine rings is 1. The molecule has 1 amide bonds. The summed E-state index contributed by atoms with van der Waals surface area (Å²) in [6.07, 6.45) is 2.16. The number of hydrogen-bond acceptors (Lipinski definition) is 5. The van der Waals surface area contributed by atoms with Gasteiger partial charge in [-0.15, -0.1) is 0 Å². The Morgan fingerprint density at radius 3 is 2.33 bits per heavy atom. The van der Waals surface area contributed by atoms with Crippen LogP contribution in [0.5, 0.6) is 5.75 Å². The Morgan fingerprint density at radius 1 is 0.925 bits per heavy atom. The molecule has 5 rings (SSSR count). The fourth-order valence-corrected chi connectivity index (χ4v) is 5.26.